The lowest BCUT2D eigenvalue weighted by Crippen LogP contribution is -2.25. The van der Waals surface area contributed by atoms with E-state index in [1.165, 1.54) is 18.0 Å². The van der Waals surface area contributed by atoms with E-state index in [1.54, 1.807) is 30.3 Å². The molecule has 2 aromatic rings. The highest BCUT2D eigenvalue weighted by Gasteiger charge is 2.16. The molecule has 0 saturated carbocycles. The molecule has 0 saturated heterocycles. The summed E-state index contributed by atoms with van der Waals surface area (Å²) < 4.78 is 1.04. The van der Waals surface area contributed by atoms with E-state index in [0.29, 0.717) is 17.1 Å². The van der Waals surface area contributed by atoms with Crippen molar-refractivity contribution in [3.63, 3.8) is 0 Å². The van der Waals surface area contributed by atoms with E-state index in [0.717, 1.165) is 9.13 Å². The molecule has 6 nitrogen and oxygen atoms in total. The summed E-state index contributed by atoms with van der Waals surface area (Å²) in [7, 11) is 0. The largest absolute Gasteiger partial charge is 0.399 e. The highest BCUT2D eigenvalue weighted by atomic mass is 127. The van der Waals surface area contributed by atoms with E-state index in [9.17, 15) is 14.9 Å². The molecule has 2 rings (SSSR count). The number of rotatable bonds is 4. The summed E-state index contributed by atoms with van der Waals surface area (Å²) in [5, 5.41) is 12.1. The van der Waals surface area contributed by atoms with E-state index < -0.39 is 5.91 Å². The summed E-state index contributed by atoms with van der Waals surface area (Å²) in [5.74, 6) is -0.917. The molecule has 0 aliphatic rings. The Kier molecular flexibility index (Phi) is 6.36. The lowest BCUT2D eigenvalue weighted by atomic mass is 10.2. The molecule has 0 bridgehead atoms. The van der Waals surface area contributed by atoms with Crippen LogP contribution in [0.3, 0.4) is 0 Å². The third kappa shape index (κ3) is 4.83. The van der Waals surface area contributed by atoms with Crippen LogP contribution in [-0.2, 0) is 9.59 Å². The van der Waals surface area contributed by atoms with E-state index >= 15 is 0 Å². The van der Waals surface area contributed by atoms with Crippen molar-refractivity contribution in [3.8, 4) is 6.07 Å². The maximum atomic E-state index is 12.5. The fourth-order valence-electron chi connectivity index (χ4n) is 2.21. The van der Waals surface area contributed by atoms with E-state index in [-0.39, 0.29) is 11.5 Å². The van der Waals surface area contributed by atoms with Gasteiger partial charge in [-0.25, -0.2) is 0 Å². The molecular weight excluding hydrogens is 443 g/mol. The topological polar surface area (TPSA) is 99.2 Å². The van der Waals surface area contributed by atoms with Crippen LogP contribution < -0.4 is 16.0 Å². The zero-order valence-electron chi connectivity index (χ0n) is 14.3. The number of hydrogen-bond acceptors (Lipinski definition) is 4. The van der Waals surface area contributed by atoms with Crippen LogP contribution in [0.5, 0.6) is 0 Å². The van der Waals surface area contributed by atoms with Gasteiger partial charge in [0.05, 0.1) is 0 Å². The van der Waals surface area contributed by atoms with Gasteiger partial charge in [-0.15, -0.1) is 0 Å². The lowest BCUT2D eigenvalue weighted by Gasteiger charge is -2.17. The second kappa shape index (κ2) is 8.49. The van der Waals surface area contributed by atoms with E-state index in [1.807, 2.05) is 25.1 Å². The van der Waals surface area contributed by atoms with Gasteiger partial charge in [-0.1, -0.05) is 0 Å². The zero-order valence-corrected chi connectivity index (χ0v) is 16.4. The summed E-state index contributed by atoms with van der Waals surface area (Å²) >= 11 is 2.18. The van der Waals surface area contributed by atoms with Gasteiger partial charge in [0.1, 0.15) is 11.6 Å². The summed E-state index contributed by atoms with van der Waals surface area (Å²) in [6.45, 7) is 3.22. The van der Waals surface area contributed by atoms with Gasteiger partial charge in [-0.2, -0.15) is 5.26 Å². The van der Waals surface area contributed by atoms with Crippen LogP contribution in [0, 0.1) is 21.8 Å². The number of nitrogen functional groups attached to an aromatic ring is 1. The number of nitrogens with two attached hydrogens (primary N) is 1. The van der Waals surface area contributed by atoms with E-state index in [4.69, 9.17) is 5.73 Å². The first kappa shape index (κ1) is 19.5. The Bertz CT molecular complexity index is 914. The first-order valence-corrected chi connectivity index (χ1v) is 8.74. The number of nitriles is 1. The molecule has 0 radical (unpaired) electrons. The number of nitrogens with zero attached hydrogens (tertiary/aromatic N) is 2. The minimum Gasteiger partial charge on any atom is -0.399 e. The quantitative estimate of drug-likeness (QED) is 0.315. The van der Waals surface area contributed by atoms with Crippen LogP contribution in [0.4, 0.5) is 17.1 Å². The number of carbonyl (C=O) groups excluding carboxylic acids is 2. The monoisotopic (exact) mass is 460 g/mol. The van der Waals surface area contributed by atoms with Crippen LogP contribution in [0.15, 0.2) is 54.2 Å². The van der Waals surface area contributed by atoms with Crippen LogP contribution in [0.25, 0.3) is 0 Å². The third-order valence-electron chi connectivity index (χ3n) is 3.57. The highest BCUT2D eigenvalue weighted by molar-refractivity contribution is 14.1. The van der Waals surface area contributed by atoms with Crippen molar-refractivity contribution in [2.75, 3.05) is 16.0 Å². The van der Waals surface area contributed by atoms with Gasteiger partial charge < -0.3 is 11.1 Å². The van der Waals surface area contributed by atoms with Crippen molar-refractivity contribution in [3.05, 3.63) is 63.4 Å². The minimum absolute atomic E-state index is 0.185. The Balaban J connectivity index is 2.31. The summed E-state index contributed by atoms with van der Waals surface area (Å²) in [6.07, 6.45) is 1.23. The second-order valence-corrected chi connectivity index (χ2v) is 6.79. The van der Waals surface area contributed by atoms with Gasteiger partial charge in [0.2, 0.25) is 5.91 Å². The average molecular weight is 460 g/mol. The number of halogens is 1. The standard InChI is InChI=1S/C19H17IN4O2/c1-12-9-15(20)3-8-18(12)23-19(26)14(10-21)11-24(13(2)25)17-6-4-16(22)5-7-17/h3-9,11H,22H2,1-2H3,(H,23,26)/b14-11-. The number of hydrogen-bond donors (Lipinski definition) is 2. The fourth-order valence-corrected chi connectivity index (χ4v) is 2.85. The molecule has 0 aliphatic heterocycles. The average Bonchev–Trinajstić information content (AvgIpc) is 2.59. The Morgan fingerprint density at radius 2 is 1.88 bits per heavy atom. The maximum Gasteiger partial charge on any atom is 0.267 e. The number of amides is 2. The molecule has 2 aromatic carbocycles. The van der Waals surface area contributed by atoms with Crippen LogP contribution in [-0.4, -0.2) is 11.8 Å². The molecule has 7 heteroatoms. The molecule has 0 unspecified atom stereocenters. The molecule has 0 aromatic heterocycles. The minimum atomic E-state index is -0.585. The Labute approximate surface area is 165 Å². The number of carbonyl (C=O) groups is 2. The first-order valence-electron chi connectivity index (χ1n) is 7.66. The SMILES string of the molecule is CC(=O)N(/C=C(/C#N)C(=O)Nc1ccc(I)cc1C)c1ccc(N)cc1. The Hall–Kier alpha value is -2.86. The molecule has 0 aliphatic carbocycles. The van der Waals surface area contributed by atoms with Gasteiger partial charge >= 0.3 is 0 Å². The fraction of sp³-hybridized carbons (Fsp3) is 0.105. The molecule has 26 heavy (non-hydrogen) atoms. The van der Waals surface area contributed by atoms with Crippen molar-refractivity contribution in [1.82, 2.24) is 0 Å². The lowest BCUT2D eigenvalue weighted by molar-refractivity contribution is -0.116. The molecule has 2 amide bonds. The number of nitrogens with one attached hydrogen (secondary N) is 1. The Morgan fingerprint density at radius 1 is 1.23 bits per heavy atom. The van der Waals surface area contributed by atoms with Gasteiger partial charge in [0.25, 0.3) is 5.91 Å². The smallest absolute Gasteiger partial charge is 0.267 e. The predicted octanol–water partition coefficient (Wildman–Crippen LogP) is 3.58. The van der Waals surface area contributed by atoms with Gasteiger partial charge in [-0.3, -0.25) is 14.5 Å². The molecule has 0 atom stereocenters. The Morgan fingerprint density at radius 3 is 2.42 bits per heavy atom. The molecule has 0 heterocycles. The summed E-state index contributed by atoms with van der Waals surface area (Å²) in [4.78, 5) is 25.7. The zero-order chi connectivity index (χ0) is 19.3. The maximum absolute atomic E-state index is 12.5. The van der Waals surface area contributed by atoms with Gasteiger partial charge in [-0.05, 0) is 77.5 Å². The third-order valence-corrected chi connectivity index (χ3v) is 4.24. The summed E-state index contributed by atoms with van der Waals surface area (Å²) in [5.41, 5.74) is 8.02. The number of anilines is 3. The molecule has 0 spiro atoms. The molecule has 132 valence electrons. The van der Waals surface area contributed by atoms with Gasteiger partial charge in [0, 0.05) is 33.8 Å². The first-order chi connectivity index (χ1) is 12.3. The van der Waals surface area contributed by atoms with Crippen LogP contribution >= 0.6 is 22.6 Å². The van der Waals surface area contributed by atoms with Gasteiger partial charge in [0.15, 0.2) is 0 Å². The predicted molar refractivity (Wildman–Crippen MR) is 110 cm³/mol. The molecule has 3 N–H and O–H groups in total. The van der Waals surface area contributed by atoms with Crippen molar-refractivity contribution >= 4 is 51.5 Å². The van der Waals surface area contributed by atoms with Crippen molar-refractivity contribution in [2.24, 2.45) is 0 Å². The number of aryl methyl sites for hydroxylation is 1. The normalized spacial score (nSPS) is 10.8. The molecular formula is C19H17IN4O2. The van der Waals surface area contributed by atoms with E-state index in [2.05, 4.69) is 27.9 Å². The molecule has 0 fully saturated rings. The second-order valence-electron chi connectivity index (χ2n) is 5.55. The highest BCUT2D eigenvalue weighted by Crippen LogP contribution is 2.20. The van der Waals surface area contributed by atoms with Crippen molar-refractivity contribution in [2.45, 2.75) is 13.8 Å². The van der Waals surface area contributed by atoms with Crippen LogP contribution in [0.1, 0.15) is 12.5 Å². The van der Waals surface area contributed by atoms with Crippen LogP contribution in [0.2, 0.25) is 0 Å². The van der Waals surface area contributed by atoms with Crippen molar-refractivity contribution < 1.29 is 9.59 Å². The van der Waals surface area contributed by atoms with Crippen molar-refractivity contribution in [1.29, 1.82) is 5.26 Å². The number of benzene rings is 2. The summed E-state index contributed by atoms with van der Waals surface area (Å²) in [6, 6.07) is 14.0.